The molecule has 100 valence electrons. The Bertz CT molecular complexity index is 379. The molecule has 0 spiro atoms. The maximum Gasteiger partial charge on any atom is 0.0551 e. The molecule has 1 aromatic rings. The number of halogens is 2. The first kappa shape index (κ1) is 15.7. The summed E-state index contributed by atoms with van der Waals surface area (Å²) >= 11 is 9.59. The lowest BCUT2D eigenvalue weighted by Crippen LogP contribution is -2.22. The van der Waals surface area contributed by atoms with Gasteiger partial charge in [0, 0.05) is 10.5 Å². The van der Waals surface area contributed by atoms with Gasteiger partial charge in [0.2, 0.25) is 0 Å². The molecule has 1 unspecified atom stereocenters. The average Bonchev–Trinajstić information content (AvgIpc) is 2.37. The molecule has 0 amide bonds. The fraction of sp³-hybridized carbons (Fsp3) is 0.467. The second-order valence-electron chi connectivity index (χ2n) is 4.40. The predicted octanol–water partition coefficient (Wildman–Crippen LogP) is 5.50. The van der Waals surface area contributed by atoms with E-state index in [1.54, 1.807) is 0 Å². The van der Waals surface area contributed by atoms with Crippen LogP contribution in [0.25, 0.3) is 0 Å². The zero-order valence-corrected chi connectivity index (χ0v) is 13.2. The fourth-order valence-corrected chi connectivity index (χ4v) is 2.34. The Balaban J connectivity index is 2.72. The van der Waals surface area contributed by atoms with Crippen LogP contribution in [0.1, 0.15) is 44.2 Å². The van der Waals surface area contributed by atoms with E-state index in [9.17, 15) is 0 Å². The summed E-state index contributed by atoms with van der Waals surface area (Å²) in [7, 11) is 0. The number of unbranched alkanes of at least 4 members (excludes halogenated alkanes) is 1. The van der Waals surface area contributed by atoms with Gasteiger partial charge in [-0.05, 0) is 65.9 Å². The van der Waals surface area contributed by atoms with Gasteiger partial charge in [0.05, 0.1) is 5.02 Å². The van der Waals surface area contributed by atoms with E-state index in [1.165, 1.54) is 5.56 Å². The molecule has 0 saturated carbocycles. The van der Waals surface area contributed by atoms with E-state index in [0.29, 0.717) is 6.04 Å². The third-order valence-corrected chi connectivity index (χ3v) is 4.12. The van der Waals surface area contributed by atoms with Crippen molar-refractivity contribution in [1.82, 2.24) is 5.32 Å². The standard InChI is InChI=1S/C15H21BrClN/c1-3-5-6-7-15(18-10-4-2)12-8-9-13(16)14(17)11-12/h3,8-9,11,15,18H,1,4-7,10H2,2H3. The van der Waals surface area contributed by atoms with Crippen molar-refractivity contribution in [3.63, 3.8) is 0 Å². The van der Waals surface area contributed by atoms with E-state index in [1.807, 2.05) is 18.2 Å². The second-order valence-corrected chi connectivity index (χ2v) is 5.66. The lowest BCUT2D eigenvalue weighted by atomic mass is 10.0. The minimum absolute atomic E-state index is 0.385. The summed E-state index contributed by atoms with van der Waals surface area (Å²) in [5.41, 5.74) is 1.26. The lowest BCUT2D eigenvalue weighted by Gasteiger charge is -2.19. The molecular weight excluding hydrogens is 310 g/mol. The molecule has 3 heteroatoms. The van der Waals surface area contributed by atoms with Crippen LogP contribution >= 0.6 is 27.5 Å². The number of benzene rings is 1. The molecule has 18 heavy (non-hydrogen) atoms. The third-order valence-electron chi connectivity index (χ3n) is 2.89. The van der Waals surface area contributed by atoms with Crippen LogP contribution in [0.3, 0.4) is 0 Å². The van der Waals surface area contributed by atoms with Gasteiger partial charge in [0.25, 0.3) is 0 Å². The molecule has 0 aliphatic carbocycles. The van der Waals surface area contributed by atoms with Crippen LogP contribution in [0.15, 0.2) is 35.3 Å². The molecule has 1 N–H and O–H groups in total. The Labute approximate surface area is 124 Å². The van der Waals surface area contributed by atoms with Crippen molar-refractivity contribution in [3.05, 3.63) is 45.9 Å². The van der Waals surface area contributed by atoms with Crippen LogP contribution in [-0.4, -0.2) is 6.54 Å². The minimum atomic E-state index is 0.385. The quantitative estimate of drug-likeness (QED) is 0.490. The molecule has 0 aliphatic rings. The monoisotopic (exact) mass is 329 g/mol. The summed E-state index contributed by atoms with van der Waals surface area (Å²) in [6, 6.07) is 6.59. The van der Waals surface area contributed by atoms with Gasteiger partial charge < -0.3 is 5.32 Å². The van der Waals surface area contributed by atoms with Crippen LogP contribution in [0.4, 0.5) is 0 Å². The summed E-state index contributed by atoms with van der Waals surface area (Å²) < 4.78 is 0.952. The van der Waals surface area contributed by atoms with Crippen LogP contribution < -0.4 is 5.32 Å². The van der Waals surface area contributed by atoms with Crippen molar-refractivity contribution in [2.24, 2.45) is 0 Å². The summed E-state index contributed by atoms with van der Waals surface area (Å²) in [4.78, 5) is 0. The Kier molecular flexibility index (Phi) is 7.64. The van der Waals surface area contributed by atoms with E-state index >= 15 is 0 Å². The van der Waals surface area contributed by atoms with Crippen molar-refractivity contribution in [2.45, 2.75) is 38.6 Å². The zero-order chi connectivity index (χ0) is 13.4. The van der Waals surface area contributed by atoms with Gasteiger partial charge in [-0.15, -0.1) is 6.58 Å². The molecule has 1 nitrogen and oxygen atoms in total. The largest absolute Gasteiger partial charge is 0.310 e. The normalized spacial score (nSPS) is 12.4. The van der Waals surface area contributed by atoms with Crippen molar-refractivity contribution < 1.29 is 0 Å². The molecule has 0 heterocycles. The maximum absolute atomic E-state index is 6.16. The SMILES string of the molecule is C=CCCCC(NCCC)c1ccc(Br)c(Cl)c1. The van der Waals surface area contributed by atoms with Gasteiger partial charge in [-0.1, -0.05) is 30.7 Å². The maximum atomic E-state index is 6.16. The Morgan fingerprint density at radius 1 is 1.50 bits per heavy atom. The zero-order valence-electron chi connectivity index (χ0n) is 10.9. The first-order valence-electron chi connectivity index (χ1n) is 6.48. The van der Waals surface area contributed by atoms with Crippen molar-refractivity contribution >= 4 is 27.5 Å². The van der Waals surface area contributed by atoms with Crippen LogP contribution in [0.2, 0.25) is 5.02 Å². The summed E-state index contributed by atoms with van der Waals surface area (Å²) in [6.07, 6.45) is 6.45. The number of hydrogen-bond donors (Lipinski definition) is 1. The van der Waals surface area contributed by atoms with Crippen molar-refractivity contribution in [1.29, 1.82) is 0 Å². The molecule has 0 bridgehead atoms. The second kappa shape index (κ2) is 8.73. The molecular formula is C15H21BrClN. The highest BCUT2D eigenvalue weighted by Crippen LogP contribution is 2.28. The van der Waals surface area contributed by atoms with Crippen molar-refractivity contribution in [3.8, 4) is 0 Å². The number of allylic oxidation sites excluding steroid dienone is 1. The number of hydrogen-bond acceptors (Lipinski definition) is 1. The first-order valence-corrected chi connectivity index (χ1v) is 7.65. The van der Waals surface area contributed by atoms with Gasteiger partial charge in [0.15, 0.2) is 0 Å². The van der Waals surface area contributed by atoms with Crippen LogP contribution in [-0.2, 0) is 0 Å². The smallest absolute Gasteiger partial charge is 0.0551 e. The fourth-order valence-electron chi connectivity index (χ4n) is 1.90. The summed E-state index contributed by atoms with van der Waals surface area (Å²) in [6.45, 7) is 6.99. The molecule has 1 atom stereocenters. The summed E-state index contributed by atoms with van der Waals surface area (Å²) in [5, 5.41) is 4.36. The predicted molar refractivity (Wildman–Crippen MR) is 84.2 cm³/mol. The van der Waals surface area contributed by atoms with Gasteiger partial charge in [-0.25, -0.2) is 0 Å². The van der Waals surface area contributed by atoms with Gasteiger partial charge in [-0.2, -0.15) is 0 Å². The Hall–Kier alpha value is -0.310. The topological polar surface area (TPSA) is 12.0 Å². The van der Waals surface area contributed by atoms with Gasteiger partial charge in [-0.3, -0.25) is 0 Å². The molecule has 0 aromatic heterocycles. The van der Waals surface area contributed by atoms with Crippen LogP contribution in [0, 0.1) is 0 Å². The van der Waals surface area contributed by atoms with Gasteiger partial charge in [0.1, 0.15) is 0 Å². The van der Waals surface area contributed by atoms with Crippen LogP contribution in [0.5, 0.6) is 0 Å². The Morgan fingerprint density at radius 3 is 2.89 bits per heavy atom. The lowest BCUT2D eigenvalue weighted by molar-refractivity contribution is 0.486. The highest BCUT2D eigenvalue weighted by Gasteiger charge is 2.11. The summed E-state index contributed by atoms with van der Waals surface area (Å²) in [5.74, 6) is 0. The highest BCUT2D eigenvalue weighted by molar-refractivity contribution is 9.10. The minimum Gasteiger partial charge on any atom is -0.310 e. The average molecular weight is 331 g/mol. The number of rotatable bonds is 8. The van der Waals surface area contributed by atoms with Gasteiger partial charge >= 0.3 is 0 Å². The van der Waals surface area contributed by atoms with E-state index in [2.05, 4.69) is 40.8 Å². The molecule has 0 radical (unpaired) electrons. The Morgan fingerprint density at radius 2 is 2.28 bits per heavy atom. The third kappa shape index (κ3) is 5.13. The van der Waals surface area contributed by atoms with E-state index in [0.717, 1.165) is 41.7 Å². The van der Waals surface area contributed by atoms with E-state index in [-0.39, 0.29) is 0 Å². The molecule has 1 aromatic carbocycles. The first-order chi connectivity index (χ1) is 8.69. The molecule has 1 rings (SSSR count). The van der Waals surface area contributed by atoms with E-state index in [4.69, 9.17) is 11.6 Å². The molecule has 0 fully saturated rings. The molecule has 0 saturated heterocycles. The highest BCUT2D eigenvalue weighted by atomic mass is 79.9. The molecule has 0 aliphatic heterocycles. The van der Waals surface area contributed by atoms with Crippen molar-refractivity contribution in [2.75, 3.05) is 6.54 Å². The van der Waals surface area contributed by atoms with E-state index < -0.39 is 0 Å². The number of nitrogens with one attached hydrogen (secondary N) is 1.